The summed E-state index contributed by atoms with van der Waals surface area (Å²) in [5, 5.41) is 11.8. The number of anilines is 1. The van der Waals surface area contributed by atoms with Crippen LogP contribution in [0, 0.1) is 0 Å². The van der Waals surface area contributed by atoms with Gasteiger partial charge >= 0.3 is 0 Å². The summed E-state index contributed by atoms with van der Waals surface area (Å²) in [6.45, 7) is 2.26. The molecule has 1 unspecified atom stereocenters. The summed E-state index contributed by atoms with van der Waals surface area (Å²) in [4.78, 5) is 12.7. The molecule has 1 amide bonds. The lowest BCUT2D eigenvalue weighted by atomic mass is 10.2. The molecule has 2 aromatic rings. The highest BCUT2D eigenvalue weighted by Gasteiger charge is 2.39. The molecule has 0 saturated carbocycles. The number of carbonyl (C=O) groups is 1. The Balaban J connectivity index is 1.78. The van der Waals surface area contributed by atoms with E-state index in [1.807, 2.05) is 6.92 Å². The second-order valence-electron chi connectivity index (χ2n) is 5.79. The molecule has 1 aliphatic heterocycles. The number of hydrogen-bond donors (Lipinski definition) is 1. The SMILES string of the molecule is CCc1nnc(NC(=O)C2CCCN2S(=O)(=O)c2ccc(OC)cc2)s1. The molecule has 1 fully saturated rings. The molecule has 1 N–H and O–H groups in total. The smallest absolute Gasteiger partial charge is 0.244 e. The molecule has 0 bridgehead atoms. The average Bonchev–Trinajstić information content (AvgIpc) is 3.31. The molecular formula is C16H20N4O4S2. The Labute approximate surface area is 156 Å². The molecule has 10 heteroatoms. The van der Waals surface area contributed by atoms with Crippen molar-refractivity contribution in [2.75, 3.05) is 19.0 Å². The van der Waals surface area contributed by atoms with Gasteiger partial charge in [0.2, 0.25) is 21.1 Å². The number of amides is 1. The first kappa shape index (κ1) is 18.7. The lowest BCUT2D eigenvalue weighted by Crippen LogP contribution is -2.43. The molecule has 1 aromatic carbocycles. The number of rotatable bonds is 6. The quantitative estimate of drug-likeness (QED) is 0.800. The summed E-state index contributed by atoms with van der Waals surface area (Å²) >= 11 is 1.29. The van der Waals surface area contributed by atoms with Crippen LogP contribution in [0.15, 0.2) is 29.2 Å². The standard InChI is InChI=1S/C16H20N4O4S2/c1-3-14-18-19-16(25-14)17-15(21)13-5-4-10-20(13)26(22,23)12-8-6-11(24-2)7-9-12/h6-9,13H,3-5,10H2,1-2H3,(H,17,19,21). The molecule has 26 heavy (non-hydrogen) atoms. The van der Waals surface area contributed by atoms with Crippen LogP contribution in [0.5, 0.6) is 5.75 Å². The van der Waals surface area contributed by atoms with E-state index >= 15 is 0 Å². The molecule has 140 valence electrons. The zero-order valence-electron chi connectivity index (χ0n) is 14.5. The minimum absolute atomic E-state index is 0.141. The van der Waals surface area contributed by atoms with E-state index in [-0.39, 0.29) is 10.8 Å². The zero-order chi connectivity index (χ0) is 18.7. The number of nitrogens with one attached hydrogen (secondary N) is 1. The molecule has 3 rings (SSSR count). The summed E-state index contributed by atoms with van der Waals surface area (Å²) in [7, 11) is -2.25. The molecule has 1 atom stereocenters. The van der Waals surface area contributed by atoms with Crippen molar-refractivity contribution in [3.8, 4) is 5.75 Å². The molecule has 1 saturated heterocycles. The highest BCUT2D eigenvalue weighted by atomic mass is 32.2. The van der Waals surface area contributed by atoms with Gasteiger partial charge in [0.05, 0.1) is 12.0 Å². The first-order valence-electron chi connectivity index (χ1n) is 8.25. The third kappa shape index (κ3) is 3.71. The van der Waals surface area contributed by atoms with E-state index in [0.29, 0.717) is 30.3 Å². The van der Waals surface area contributed by atoms with Crippen LogP contribution in [-0.4, -0.2) is 48.5 Å². The maximum atomic E-state index is 12.9. The van der Waals surface area contributed by atoms with Gasteiger partial charge in [0.15, 0.2) is 0 Å². The van der Waals surface area contributed by atoms with Gasteiger partial charge in [0.1, 0.15) is 16.8 Å². The van der Waals surface area contributed by atoms with Gasteiger partial charge < -0.3 is 4.74 Å². The normalized spacial score (nSPS) is 18.0. The van der Waals surface area contributed by atoms with Crippen molar-refractivity contribution in [1.29, 1.82) is 0 Å². The molecule has 0 radical (unpaired) electrons. The number of methoxy groups -OCH3 is 1. The second-order valence-corrected chi connectivity index (χ2v) is 8.75. The van der Waals surface area contributed by atoms with Crippen molar-refractivity contribution in [3.63, 3.8) is 0 Å². The van der Waals surface area contributed by atoms with Gasteiger partial charge in [-0.3, -0.25) is 10.1 Å². The van der Waals surface area contributed by atoms with E-state index in [4.69, 9.17) is 4.74 Å². The maximum absolute atomic E-state index is 12.9. The third-order valence-corrected chi connectivity index (χ3v) is 7.08. The molecular weight excluding hydrogens is 376 g/mol. The zero-order valence-corrected chi connectivity index (χ0v) is 16.1. The fourth-order valence-electron chi connectivity index (χ4n) is 2.81. The minimum atomic E-state index is -3.77. The van der Waals surface area contributed by atoms with Gasteiger partial charge in [0, 0.05) is 6.54 Å². The van der Waals surface area contributed by atoms with Crippen molar-refractivity contribution in [3.05, 3.63) is 29.3 Å². The largest absolute Gasteiger partial charge is 0.497 e. The lowest BCUT2D eigenvalue weighted by Gasteiger charge is -2.23. The van der Waals surface area contributed by atoms with E-state index in [1.54, 1.807) is 12.1 Å². The summed E-state index contributed by atoms with van der Waals surface area (Å²) in [5.74, 6) is 0.195. The van der Waals surface area contributed by atoms with E-state index in [1.165, 1.54) is 34.9 Å². The van der Waals surface area contributed by atoms with Gasteiger partial charge in [-0.25, -0.2) is 8.42 Å². The average molecular weight is 396 g/mol. The number of benzene rings is 1. The van der Waals surface area contributed by atoms with Gasteiger partial charge in [-0.1, -0.05) is 18.3 Å². The number of aromatic nitrogens is 2. The van der Waals surface area contributed by atoms with Crippen molar-refractivity contribution in [1.82, 2.24) is 14.5 Å². The molecule has 0 spiro atoms. The summed E-state index contributed by atoms with van der Waals surface area (Å²) in [6.07, 6.45) is 1.83. The molecule has 1 aromatic heterocycles. The fraction of sp³-hybridized carbons (Fsp3) is 0.438. The Morgan fingerprint density at radius 3 is 2.69 bits per heavy atom. The first-order valence-corrected chi connectivity index (χ1v) is 10.5. The molecule has 1 aliphatic rings. The van der Waals surface area contributed by atoms with Crippen LogP contribution in [0.1, 0.15) is 24.8 Å². The molecule has 8 nitrogen and oxygen atoms in total. The van der Waals surface area contributed by atoms with Crippen LogP contribution in [0.25, 0.3) is 0 Å². The summed E-state index contributed by atoms with van der Waals surface area (Å²) in [5.41, 5.74) is 0. The van der Waals surface area contributed by atoms with Crippen molar-refractivity contribution < 1.29 is 17.9 Å². The number of hydrogen-bond acceptors (Lipinski definition) is 7. The van der Waals surface area contributed by atoms with E-state index in [2.05, 4.69) is 15.5 Å². The predicted octanol–water partition coefficient (Wildman–Crippen LogP) is 1.90. The van der Waals surface area contributed by atoms with Crippen LogP contribution in [0.4, 0.5) is 5.13 Å². The van der Waals surface area contributed by atoms with Crippen LogP contribution in [0.2, 0.25) is 0 Å². The van der Waals surface area contributed by atoms with E-state index in [9.17, 15) is 13.2 Å². The third-order valence-electron chi connectivity index (χ3n) is 4.17. The van der Waals surface area contributed by atoms with Crippen LogP contribution in [0.3, 0.4) is 0 Å². The number of sulfonamides is 1. The van der Waals surface area contributed by atoms with Crippen LogP contribution in [-0.2, 0) is 21.2 Å². The Bertz CT molecular complexity index is 880. The summed E-state index contributed by atoms with van der Waals surface area (Å²) in [6, 6.07) is 5.40. The maximum Gasteiger partial charge on any atom is 0.244 e. The Morgan fingerprint density at radius 2 is 2.08 bits per heavy atom. The van der Waals surface area contributed by atoms with E-state index < -0.39 is 16.1 Å². The summed E-state index contributed by atoms with van der Waals surface area (Å²) < 4.78 is 32.2. The van der Waals surface area contributed by atoms with Crippen LogP contribution >= 0.6 is 11.3 Å². The number of ether oxygens (including phenoxy) is 1. The topological polar surface area (TPSA) is 101 Å². The van der Waals surface area contributed by atoms with Crippen molar-refractivity contribution in [2.45, 2.75) is 37.1 Å². The fourth-order valence-corrected chi connectivity index (χ4v) is 5.15. The Hall–Kier alpha value is -2.04. The number of carbonyl (C=O) groups excluding carboxylic acids is 1. The van der Waals surface area contributed by atoms with E-state index in [0.717, 1.165) is 11.4 Å². The van der Waals surface area contributed by atoms with Gasteiger partial charge in [-0.05, 0) is 43.5 Å². The van der Waals surface area contributed by atoms with Gasteiger partial charge in [-0.2, -0.15) is 4.31 Å². The second kappa shape index (κ2) is 7.68. The first-order chi connectivity index (χ1) is 12.5. The Kier molecular flexibility index (Phi) is 5.54. The molecule has 2 heterocycles. The monoisotopic (exact) mass is 396 g/mol. The highest BCUT2D eigenvalue weighted by Crippen LogP contribution is 2.28. The van der Waals surface area contributed by atoms with Crippen molar-refractivity contribution >= 4 is 32.4 Å². The van der Waals surface area contributed by atoms with Gasteiger partial charge in [-0.15, -0.1) is 10.2 Å². The number of nitrogens with zero attached hydrogens (tertiary/aromatic N) is 3. The van der Waals surface area contributed by atoms with Gasteiger partial charge in [0.25, 0.3) is 0 Å². The Morgan fingerprint density at radius 1 is 1.35 bits per heavy atom. The molecule has 0 aliphatic carbocycles. The van der Waals surface area contributed by atoms with Crippen LogP contribution < -0.4 is 10.1 Å². The number of aryl methyl sites for hydroxylation is 1. The minimum Gasteiger partial charge on any atom is -0.497 e. The predicted molar refractivity (Wildman–Crippen MR) is 97.8 cm³/mol. The highest BCUT2D eigenvalue weighted by molar-refractivity contribution is 7.89. The lowest BCUT2D eigenvalue weighted by molar-refractivity contribution is -0.119. The van der Waals surface area contributed by atoms with Crippen molar-refractivity contribution in [2.24, 2.45) is 0 Å².